The number of ether oxygens (including phenoxy) is 1. The first-order valence-electron chi connectivity index (χ1n) is 5.02. The maximum atomic E-state index is 5.36. The summed E-state index contributed by atoms with van der Waals surface area (Å²) in [6.07, 6.45) is 0. The predicted molar refractivity (Wildman–Crippen MR) is 64.2 cm³/mol. The number of thiazole rings is 1. The summed E-state index contributed by atoms with van der Waals surface area (Å²) in [5, 5.41) is 6.48. The fourth-order valence-electron chi connectivity index (χ4n) is 1.07. The summed E-state index contributed by atoms with van der Waals surface area (Å²) >= 11 is 1.69. The van der Waals surface area contributed by atoms with E-state index in [0.717, 1.165) is 36.0 Å². The monoisotopic (exact) mass is 226 g/mol. The van der Waals surface area contributed by atoms with Gasteiger partial charge in [-0.25, -0.2) is 4.98 Å². The molecule has 0 amide bonds. The van der Waals surface area contributed by atoms with E-state index in [2.05, 4.69) is 22.3 Å². The van der Waals surface area contributed by atoms with E-state index in [0.29, 0.717) is 6.61 Å². The number of nitrogens with one attached hydrogen (secondary N) is 1. The Labute approximate surface area is 95.2 Å². The van der Waals surface area contributed by atoms with Gasteiger partial charge in [0.05, 0.1) is 13.2 Å². The van der Waals surface area contributed by atoms with Crippen molar-refractivity contribution < 1.29 is 4.74 Å². The highest BCUT2D eigenvalue weighted by molar-refractivity contribution is 7.09. The molecule has 0 saturated carbocycles. The molecule has 0 aliphatic rings. The zero-order valence-corrected chi connectivity index (χ0v) is 10.2. The molecule has 0 saturated heterocycles. The molecule has 3 nitrogen and oxygen atoms in total. The third kappa shape index (κ3) is 5.67. The molecule has 1 aromatic rings. The molecular formula is C11H18N2OS. The minimum atomic E-state index is 0.651. The highest BCUT2D eigenvalue weighted by atomic mass is 32.1. The molecule has 0 atom stereocenters. The lowest BCUT2D eigenvalue weighted by Gasteiger charge is -2.04. The lowest BCUT2D eigenvalue weighted by Crippen LogP contribution is -2.19. The van der Waals surface area contributed by atoms with E-state index >= 15 is 0 Å². The van der Waals surface area contributed by atoms with Gasteiger partial charge in [-0.2, -0.15) is 0 Å². The fourth-order valence-corrected chi connectivity index (χ4v) is 1.81. The van der Waals surface area contributed by atoms with Gasteiger partial charge < -0.3 is 10.1 Å². The average Bonchev–Trinajstić information content (AvgIpc) is 2.57. The Morgan fingerprint density at radius 2 is 2.47 bits per heavy atom. The van der Waals surface area contributed by atoms with Crippen LogP contribution in [0.4, 0.5) is 0 Å². The smallest absolute Gasteiger partial charge is 0.107 e. The van der Waals surface area contributed by atoms with Crippen LogP contribution in [0.3, 0.4) is 0 Å². The quantitative estimate of drug-likeness (QED) is 0.571. The van der Waals surface area contributed by atoms with E-state index in [9.17, 15) is 0 Å². The summed E-state index contributed by atoms with van der Waals surface area (Å²) in [4.78, 5) is 4.36. The fraction of sp³-hybridized carbons (Fsp3) is 0.545. The van der Waals surface area contributed by atoms with Crippen LogP contribution in [0.1, 0.15) is 17.6 Å². The molecule has 0 bridgehead atoms. The van der Waals surface area contributed by atoms with Gasteiger partial charge in [-0.15, -0.1) is 11.3 Å². The lowest BCUT2D eigenvalue weighted by molar-refractivity contribution is 0.158. The molecule has 0 fully saturated rings. The van der Waals surface area contributed by atoms with E-state index in [1.165, 1.54) is 0 Å². The van der Waals surface area contributed by atoms with Crippen molar-refractivity contribution in [2.75, 3.05) is 19.8 Å². The summed E-state index contributed by atoms with van der Waals surface area (Å²) in [5.41, 5.74) is 2.15. The molecule has 4 heteroatoms. The van der Waals surface area contributed by atoms with Gasteiger partial charge in [-0.05, 0) is 13.8 Å². The molecule has 0 aliphatic heterocycles. The molecule has 1 heterocycles. The highest BCUT2D eigenvalue weighted by Crippen LogP contribution is 2.07. The van der Waals surface area contributed by atoms with Crippen LogP contribution in [0.2, 0.25) is 0 Å². The first-order valence-corrected chi connectivity index (χ1v) is 5.90. The lowest BCUT2D eigenvalue weighted by atomic mass is 10.4. The third-order valence-electron chi connectivity index (χ3n) is 1.71. The van der Waals surface area contributed by atoms with Gasteiger partial charge in [0.2, 0.25) is 0 Å². The Bertz CT molecular complexity index is 309. The van der Waals surface area contributed by atoms with Crippen molar-refractivity contribution in [3.05, 3.63) is 28.2 Å². The van der Waals surface area contributed by atoms with Gasteiger partial charge in [-0.3, -0.25) is 0 Å². The molecule has 0 aliphatic carbocycles. The van der Waals surface area contributed by atoms with Gasteiger partial charge in [0.15, 0.2) is 0 Å². The minimum Gasteiger partial charge on any atom is -0.376 e. The van der Waals surface area contributed by atoms with Crippen molar-refractivity contribution in [1.82, 2.24) is 10.3 Å². The maximum absolute atomic E-state index is 5.36. The molecule has 0 spiro atoms. The molecular weight excluding hydrogens is 208 g/mol. The summed E-state index contributed by atoms with van der Waals surface area (Å²) < 4.78 is 5.36. The van der Waals surface area contributed by atoms with Gasteiger partial charge in [0.25, 0.3) is 0 Å². The van der Waals surface area contributed by atoms with Crippen molar-refractivity contribution in [3.8, 4) is 0 Å². The average molecular weight is 226 g/mol. The van der Waals surface area contributed by atoms with E-state index < -0.39 is 0 Å². The van der Waals surface area contributed by atoms with Gasteiger partial charge >= 0.3 is 0 Å². The van der Waals surface area contributed by atoms with E-state index in [1.807, 2.05) is 13.8 Å². The van der Waals surface area contributed by atoms with Crippen molar-refractivity contribution in [2.45, 2.75) is 20.4 Å². The Kier molecular flexibility index (Phi) is 5.53. The molecule has 84 valence electrons. The third-order valence-corrected chi connectivity index (χ3v) is 2.68. The van der Waals surface area contributed by atoms with Crippen LogP contribution in [-0.2, 0) is 11.3 Å². The number of aromatic nitrogens is 1. The van der Waals surface area contributed by atoms with Crippen molar-refractivity contribution in [3.63, 3.8) is 0 Å². The zero-order valence-electron chi connectivity index (χ0n) is 9.38. The maximum Gasteiger partial charge on any atom is 0.107 e. The normalized spacial score (nSPS) is 10.5. The second kappa shape index (κ2) is 6.71. The van der Waals surface area contributed by atoms with E-state index in [1.54, 1.807) is 11.3 Å². The van der Waals surface area contributed by atoms with Gasteiger partial charge in [0.1, 0.15) is 5.01 Å². The number of nitrogens with zero attached hydrogens (tertiary/aromatic N) is 1. The van der Waals surface area contributed by atoms with Crippen LogP contribution in [0.15, 0.2) is 17.5 Å². The molecule has 1 rings (SSSR count). The van der Waals surface area contributed by atoms with Crippen LogP contribution in [0, 0.1) is 6.92 Å². The summed E-state index contributed by atoms with van der Waals surface area (Å²) in [6.45, 7) is 10.8. The van der Waals surface area contributed by atoms with E-state index in [4.69, 9.17) is 4.74 Å². The van der Waals surface area contributed by atoms with Crippen molar-refractivity contribution >= 4 is 11.3 Å². The molecule has 15 heavy (non-hydrogen) atoms. The first kappa shape index (κ1) is 12.4. The standard InChI is InChI=1S/C11H18N2OS/c1-9(2)7-14-5-4-12-6-11-13-10(3)8-15-11/h8,12H,1,4-7H2,2-3H3. The Balaban J connectivity index is 2.00. The Morgan fingerprint density at radius 3 is 3.07 bits per heavy atom. The van der Waals surface area contributed by atoms with Crippen molar-refractivity contribution in [1.29, 1.82) is 0 Å². The molecule has 0 aromatic carbocycles. The predicted octanol–water partition coefficient (Wildman–Crippen LogP) is 2.13. The Hall–Kier alpha value is -0.710. The van der Waals surface area contributed by atoms with Gasteiger partial charge in [-0.1, -0.05) is 12.2 Å². The topological polar surface area (TPSA) is 34.1 Å². The van der Waals surface area contributed by atoms with Crippen LogP contribution in [-0.4, -0.2) is 24.7 Å². The second-order valence-electron chi connectivity index (χ2n) is 3.57. The summed E-state index contributed by atoms with van der Waals surface area (Å²) in [6, 6.07) is 0. The molecule has 1 aromatic heterocycles. The molecule has 1 N–H and O–H groups in total. The number of rotatable bonds is 7. The minimum absolute atomic E-state index is 0.651. The first-order chi connectivity index (χ1) is 7.18. The number of hydrogen-bond donors (Lipinski definition) is 1. The number of aryl methyl sites for hydroxylation is 1. The van der Waals surface area contributed by atoms with E-state index in [-0.39, 0.29) is 0 Å². The summed E-state index contributed by atoms with van der Waals surface area (Å²) in [7, 11) is 0. The van der Waals surface area contributed by atoms with Crippen LogP contribution >= 0.6 is 11.3 Å². The zero-order chi connectivity index (χ0) is 11.1. The van der Waals surface area contributed by atoms with Crippen LogP contribution in [0.25, 0.3) is 0 Å². The summed E-state index contributed by atoms with van der Waals surface area (Å²) in [5.74, 6) is 0. The Morgan fingerprint density at radius 1 is 1.67 bits per heavy atom. The second-order valence-corrected chi connectivity index (χ2v) is 4.51. The molecule has 0 unspecified atom stereocenters. The van der Waals surface area contributed by atoms with Crippen LogP contribution < -0.4 is 5.32 Å². The molecule has 0 radical (unpaired) electrons. The van der Waals surface area contributed by atoms with Crippen molar-refractivity contribution in [2.24, 2.45) is 0 Å². The van der Waals surface area contributed by atoms with Gasteiger partial charge in [0, 0.05) is 24.2 Å². The van der Waals surface area contributed by atoms with Crippen LogP contribution in [0.5, 0.6) is 0 Å². The number of hydrogen-bond acceptors (Lipinski definition) is 4. The highest BCUT2D eigenvalue weighted by Gasteiger charge is 1.97. The largest absolute Gasteiger partial charge is 0.376 e. The SMILES string of the molecule is C=C(C)COCCNCc1nc(C)cs1.